The maximum Gasteiger partial charge on any atom is 0.433 e. The summed E-state index contributed by atoms with van der Waals surface area (Å²) in [6.45, 7) is 2.60. The van der Waals surface area contributed by atoms with E-state index >= 15 is 0 Å². The summed E-state index contributed by atoms with van der Waals surface area (Å²) in [6, 6.07) is 2.80. The highest BCUT2D eigenvalue weighted by molar-refractivity contribution is 5.48. The van der Waals surface area contributed by atoms with Gasteiger partial charge in [0.1, 0.15) is 11.3 Å². The number of hydrogen-bond donors (Lipinski definition) is 0. The van der Waals surface area contributed by atoms with Crippen molar-refractivity contribution in [1.29, 1.82) is 0 Å². The number of nitrogens with zero attached hydrogens (tertiary/aromatic N) is 4. The Hall–Kier alpha value is -2.18. The van der Waals surface area contributed by atoms with Crippen molar-refractivity contribution < 1.29 is 9.34 Å². The molecule has 0 aliphatic carbocycles. The largest absolute Gasteiger partial charge is 0.433 e. The lowest BCUT2D eigenvalue weighted by atomic mass is 10.4. The number of furan rings is 1. The van der Waals surface area contributed by atoms with Crippen LogP contribution in [0, 0.1) is 10.1 Å². The van der Waals surface area contributed by atoms with E-state index in [9.17, 15) is 10.1 Å². The van der Waals surface area contributed by atoms with Crippen molar-refractivity contribution >= 4 is 5.88 Å². The highest BCUT2D eigenvalue weighted by atomic mass is 16.6. The summed E-state index contributed by atoms with van der Waals surface area (Å²) in [5, 5.41) is 17.9. The molecule has 0 aliphatic rings. The minimum atomic E-state index is -0.587. The van der Waals surface area contributed by atoms with Gasteiger partial charge in [-0.2, -0.15) is 0 Å². The van der Waals surface area contributed by atoms with Crippen LogP contribution in [0.3, 0.4) is 0 Å². The van der Waals surface area contributed by atoms with Crippen molar-refractivity contribution in [3.05, 3.63) is 28.6 Å². The minimum absolute atomic E-state index is 0.296. The van der Waals surface area contributed by atoms with Crippen LogP contribution < -0.4 is 0 Å². The van der Waals surface area contributed by atoms with Gasteiger partial charge in [-0.3, -0.25) is 10.1 Å². The summed E-state index contributed by atoms with van der Waals surface area (Å²) >= 11 is 0. The first kappa shape index (κ1) is 9.38. The Labute approximate surface area is 84.5 Å². The first-order valence-corrected chi connectivity index (χ1v) is 4.34. The van der Waals surface area contributed by atoms with Gasteiger partial charge < -0.3 is 8.98 Å². The van der Waals surface area contributed by atoms with Crippen LogP contribution in [0.2, 0.25) is 0 Å². The molecule has 0 atom stereocenters. The number of aryl methyl sites for hydroxylation is 1. The second-order valence-corrected chi connectivity index (χ2v) is 2.84. The van der Waals surface area contributed by atoms with Crippen molar-refractivity contribution in [2.45, 2.75) is 13.5 Å². The molecule has 0 spiro atoms. The molecule has 78 valence electrons. The normalized spacial score (nSPS) is 10.5. The Morgan fingerprint density at radius 2 is 2.40 bits per heavy atom. The summed E-state index contributed by atoms with van der Waals surface area (Å²) in [7, 11) is 0. The summed E-state index contributed by atoms with van der Waals surface area (Å²) < 4.78 is 6.75. The van der Waals surface area contributed by atoms with E-state index in [1.165, 1.54) is 12.1 Å². The van der Waals surface area contributed by atoms with Crippen LogP contribution in [0.15, 0.2) is 22.9 Å². The van der Waals surface area contributed by atoms with Crippen LogP contribution in [-0.4, -0.2) is 19.7 Å². The molecular weight excluding hydrogens is 200 g/mol. The van der Waals surface area contributed by atoms with Gasteiger partial charge in [0.25, 0.3) is 0 Å². The third-order valence-electron chi connectivity index (χ3n) is 1.95. The van der Waals surface area contributed by atoms with Crippen molar-refractivity contribution in [2.75, 3.05) is 0 Å². The molecule has 0 saturated heterocycles. The van der Waals surface area contributed by atoms with E-state index in [1.807, 2.05) is 6.92 Å². The van der Waals surface area contributed by atoms with E-state index < -0.39 is 4.92 Å². The van der Waals surface area contributed by atoms with Crippen LogP contribution in [0.1, 0.15) is 6.92 Å². The molecular formula is C8H8N4O3. The maximum atomic E-state index is 10.4. The summed E-state index contributed by atoms with van der Waals surface area (Å²) in [5.74, 6) is 0.544. The van der Waals surface area contributed by atoms with Crippen LogP contribution in [0.25, 0.3) is 11.6 Å². The zero-order chi connectivity index (χ0) is 10.8. The number of hydrogen-bond acceptors (Lipinski definition) is 5. The zero-order valence-corrected chi connectivity index (χ0v) is 7.95. The lowest BCUT2D eigenvalue weighted by Gasteiger charge is -1.97. The molecule has 0 N–H and O–H groups in total. The zero-order valence-electron chi connectivity index (χ0n) is 7.95. The topological polar surface area (TPSA) is 87.0 Å². The molecule has 0 aromatic carbocycles. The summed E-state index contributed by atoms with van der Waals surface area (Å²) in [6.07, 6.45) is 1.55. The van der Waals surface area contributed by atoms with Gasteiger partial charge in [0, 0.05) is 6.54 Å². The number of aromatic nitrogens is 3. The predicted molar refractivity (Wildman–Crippen MR) is 50.1 cm³/mol. The summed E-state index contributed by atoms with van der Waals surface area (Å²) in [4.78, 5) is 9.82. The highest BCUT2D eigenvalue weighted by Gasteiger charge is 2.16. The Morgan fingerprint density at radius 3 is 3.00 bits per heavy atom. The Kier molecular flexibility index (Phi) is 2.20. The lowest BCUT2D eigenvalue weighted by Crippen LogP contribution is -1.94. The van der Waals surface area contributed by atoms with Crippen molar-refractivity contribution in [3.8, 4) is 11.6 Å². The highest BCUT2D eigenvalue weighted by Crippen LogP contribution is 2.23. The molecule has 15 heavy (non-hydrogen) atoms. The molecule has 2 aromatic heterocycles. The molecule has 0 bridgehead atoms. The molecule has 2 heterocycles. The fourth-order valence-corrected chi connectivity index (χ4v) is 1.22. The van der Waals surface area contributed by atoms with E-state index in [0.717, 1.165) is 0 Å². The van der Waals surface area contributed by atoms with Gasteiger partial charge >= 0.3 is 5.88 Å². The summed E-state index contributed by atoms with van der Waals surface area (Å²) in [5.41, 5.74) is 0. The third kappa shape index (κ3) is 1.58. The fourth-order valence-electron chi connectivity index (χ4n) is 1.22. The first-order valence-electron chi connectivity index (χ1n) is 4.34. The molecule has 0 fully saturated rings. The first-order chi connectivity index (χ1) is 7.22. The fraction of sp³-hybridized carbons (Fsp3) is 0.250. The molecule has 0 saturated carbocycles. The SMILES string of the molecule is CCn1cnnc1-c1ccc([N+](=O)[O-])o1. The molecule has 7 heteroatoms. The van der Waals surface area contributed by atoms with Gasteiger partial charge in [-0.05, 0) is 13.0 Å². The van der Waals surface area contributed by atoms with E-state index in [2.05, 4.69) is 10.2 Å². The lowest BCUT2D eigenvalue weighted by molar-refractivity contribution is -0.401. The third-order valence-corrected chi connectivity index (χ3v) is 1.95. The van der Waals surface area contributed by atoms with Crippen molar-refractivity contribution in [2.24, 2.45) is 0 Å². The Bertz CT molecular complexity index is 488. The Morgan fingerprint density at radius 1 is 1.60 bits per heavy atom. The number of rotatable bonds is 3. The smallest absolute Gasteiger partial charge is 0.397 e. The molecule has 7 nitrogen and oxygen atoms in total. The second kappa shape index (κ2) is 3.52. The molecule has 2 aromatic rings. The van der Waals surface area contributed by atoms with Gasteiger partial charge in [-0.25, -0.2) is 0 Å². The van der Waals surface area contributed by atoms with Crippen molar-refractivity contribution in [1.82, 2.24) is 14.8 Å². The number of nitro groups is 1. The second-order valence-electron chi connectivity index (χ2n) is 2.84. The monoisotopic (exact) mass is 208 g/mol. The Balaban J connectivity index is 2.41. The molecule has 0 radical (unpaired) electrons. The van der Waals surface area contributed by atoms with Crippen LogP contribution >= 0.6 is 0 Å². The van der Waals surface area contributed by atoms with E-state index in [1.54, 1.807) is 10.9 Å². The average Bonchev–Trinajstić information content (AvgIpc) is 2.85. The molecule has 0 amide bonds. The van der Waals surface area contributed by atoms with Crippen LogP contribution in [-0.2, 0) is 6.54 Å². The van der Waals surface area contributed by atoms with Gasteiger partial charge in [-0.1, -0.05) is 0 Å². The maximum absolute atomic E-state index is 10.4. The van der Waals surface area contributed by atoms with E-state index in [-0.39, 0.29) is 5.88 Å². The van der Waals surface area contributed by atoms with Gasteiger partial charge in [0.05, 0.1) is 6.07 Å². The van der Waals surface area contributed by atoms with Crippen LogP contribution in [0.4, 0.5) is 5.88 Å². The van der Waals surface area contributed by atoms with Crippen molar-refractivity contribution in [3.63, 3.8) is 0 Å². The molecule has 0 unspecified atom stereocenters. The van der Waals surface area contributed by atoms with Gasteiger partial charge in [0.15, 0.2) is 11.6 Å². The quantitative estimate of drug-likeness (QED) is 0.563. The molecule has 2 rings (SSSR count). The molecule has 0 aliphatic heterocycles. The standard InChI is InChI=1S/C8H8N4O3/c1-2-11-5-9-10-8(11)6-3-4-7(15-6)12(13)14/h3-5H,2H2,1H3. The predicted octanol–water partition coefficient (Wildman–Crippen LogP) is 1.47. The van der Waals surface area contributed by atoms with Gasteiger partial charge in [0.2, 0.25) is 0 Å². The van der Waals surface area contributed by atoms with E-state index in [0.29, 0.717) is 18.1 Å². The minimum Gasteiger partial charge on any atom is -0.397 e. The average molecular weight is 208 g/mol. The van der Waals surface area contributed by atoms with Gasteiger partial charge in [-0.15, -0.1) is 10.2 Å². The van der Waals surface area contributed by atoms with E-state index in [4.69, 9.17) is 4.42 Å². The van der Waals surface area contributed by atoms with Crippen LogP contribution in [0.5, 0.6) is 0 Å².